The Hall–Kier alpha value is -2.82. The number of ether oxygens (including phenoxy) is 1. The van der Waals surface area contributed by atoms with Crippen molar-refractivity contribution in [3.05, 3.63) is 64.7 Å². The summed E-state index contributed by atoms with van der Waals surface area (Å²) in [6, 6.07) is 13.7. The van der Waals surface area contributed by atoms with Gasteiger partial charge in [-0.3, -0.25) is 9.59 Å². The van der Waals surface area contributed by atoms with E-state index in [1.807, 2.05) is 66.1 Å². The van der Waals surface area contributed by atoms with Crippen LogP contribution >= 0.6 is 0 Å². The summed E-state index contributed by atoms with van der Waals surface area (Å²) in [6.07, 6.45) is 2.01. The summed E-state index contributed by atoms with van der Waals surface area (Å²) in [5, 5.41) is 0. The van der Waals surface area contributed by atoms with E-state index >= 15 is 0 Å². The van der Waals surface area contributed by atoms with Crippen LogP contribution in [-0.4, -0.2) is 54.9 Å². The number of carbonyl (C=O) groups excluding carboxylic acids is 2. The molecule has 0 aromatic heterocycles. The largest absolute Gasteiger partial charge is 0.497 e. The van der Waals surface area contributed by atoms with Crippen LogP contribution in [0.5, 0.6) is 5.75 Å². The molecule has 0 saturated carbocycles. The monoisotopic (exact) mass is 394 g/mol. The van der Waals surface area contributed by atoms with E-state index in [0.717, 1.165) is 34.4 Å². The Morgan fingerprint density at radius 2 is 1.62 bits per heavy atom. The van der Waals surface area contributed by atoms with Gasteiger partial charge in [-0.1, -0.05) is 24.3 Å². The summed E-state index contributed by atoms with van der Waals surface area (Å²) < 4.78 is 5.17. The normalized spacial score (nSPS) is 14.4. The number of carbonyl (C=O) groups is 2. The van der Waals surface area contributed by atoms with Crippen LogP contribution in [0.2, 0.25) is 0 Å². The van der Waals surface area contributed by atoms with Crippen LogP contribution in [0.4, 0.5) is 0 Å². The SMILES string of the molecule is COc1ccc(CCC(=O)N2CCCN(C(=O)c3cccc(C)c3C)CC2)cc1. The molecule has 2 amide bonds. The average molecular weight is 395 g/mol. The lowest BCUT2D eigenvalue weighted by molar-refractivity contribution is -0.131. The molecule has 1 fully saturated rings. The maximum absolute atomic E-state index is 13.0. The summed E-state index contributed by atoms with van der Waals surface area (Å²) in [7, 11) is 1.65. The number of methoxy groups -OCH3 is 1. The minimum Gasteiger partial charge on any atom is -0.497 e. The summed E-state index contributed by atoms with van der Waals surface area (Å²) in [4.78, 5) is 29.5. The average Bonchev–Trinajstić information content (AvgIpc) is 3.00. The Balaban J connectivity index is 1.55. The lowest BCUT2D eigenvalue weighted by atomic mass is 10.0. The highest BCUT2D eigenvalue weighted by molar-refractivity contribution is 5.96. The zero-order valence-corrected chi connectivity index (χ0v) is 17.6. The molecule has 1 heterocycles. The van der Waals surface area contributed by atoms with Crippen molar-refractivity contribution in [2.24, 2.45) is 0 Å². The van der Waals surface area contributed by atoms with Crippen LogP contribution in [-0.2, 0) is 11.2 Å². The van der Waals surface area contributed by atoms with Gasteiger partial charge in [-0.25, -0.2) is 0 Å². The van der Waals surface area contributed by atoms with Crippen LogP contribution < -0.4 is 4.74 Å². The second kappa shape index (κ2) is 9.59. The minimum absolute atomic E-state index is 0.0683. The number of rotatable bonds is 5. The van der Waals surface area contributed by atoms with Gasteiger partial charge in [-0.2, -0.15) is 0 Å². The maximum Gasteiger partial charge on any atom is 0.254 e. The molecule has 5 nitrogen and oxygen atoms in total. The predicted octanol–water partition coefficient (Wildman–Crippen LogP) is 3.62. The van der Waals surface area contributed by atoms with Crippen LogP contribution in [0, 0.1) is 13.8 Å². The number of hydrogen-bond donors (Lipinski definition) is 0. The van der Waals surface area contributed by atoms with Crippen molar-refractivity contribution < 1.29 is 14.3 Å². The van der Waals surface area contributed by atoms with Crippen molar-refractivity contribution in [2.45, 2.75) is 33.1 Å². The summed E-state index contributed by atoms with van der Waals surface area (Å²) >= 11 is 0. The smallest absolute Gasteiger partial charge is 0.254 e. The van der Waals surface area contributed by atoms with Gasteiger partial charge >= 0.3 is 0 Å². The predicted molar refractivity (Wildman–Crippen MR) is 114 cm³/mol. The van der Waals surface area contributed by atoms with Crippen LogP contribution in [0.25, 0.3) is 0 Å². The number of hydrogen-bond acceptors (Lipinski definition) is 3. The van der Waals surface area contributed by atoms with Gasteiger partial charge in [0.2, 0.25) is 5.91 Å². The van der Waals surface area contributed by atoms with Crippen molar-refractivity contribution in [1.29, 1.82) is 0 Å². The summed E-state index contributed by atoms with van der Waals surface area (Å²) in [5.74, 6) is 1.04. The molecule has 0 atom stereocenters. The molecule has 1 saturated heterocycles. The molecule has 5 heteroatoms. The molecule has 0 spiro atoms. The van der Waals surface area contributed by atoms with Gasteiger partial charge in [0.15, 0.2) is 0 Å². The fourth-order valence-electron chi connectivity index (χ4n) is 3.72. The zero-order chi connectivity index (χ0) is 20.8. The van der Waals surface area contributed by atoms with Gasteiger partial charge in [0.1, 0.15) is 5.75 Å². The van der Waals surface area contributed by atoms with E-state index in [4.69, 9.17) is 4.74 Å². The molecule has 0 aliphatic carbocycles. The second-order valence-electron chi connectivity index (χ2n) is 7.62. The van der Waals surface area contributed by atoms with Crippen LogP contribution in [0.1, 0.15) is 39.9 Å². The topological polar surface area (TPSA) is 49.9 Å². The van der Waals surface area contributed by atoms with Gasteiger partial charge in [-0.05, 0) is 61.6 Å². The van der Waals surface area contributed by atoms with Crippen molar-refractivity contribution in [3.8, 4) is 5.75 Å². The first-order valence-electron chi connectivity index (χ1n) is 10.3. The molecule has 2 aromatic carbocycles. The van der Waals surface area contributed by atoms with Crippen molar-refractivity contribution in [1.82, 2.24) is 9.80 Å². The van der Waals surface area contributed by atoms with Gasteiger partial charge in [0.25, 0.3) is 5.91 Å². The first-order valence-corrected chi connectivity index (χ1v) is 10.3. The third-order valence-electron chi connectivity index (χ3n) is 5.76. The first kappa shape index (κ1) is 20.9. The third kappa shape index (κ3) is 5.17. The standard InChI is InChI=1S/C24H30N2O3/c1-18-6-4-7-22(19(18)2)24(28)26-15-5-14-25(16-17-26)23(27)13-10-20-8-11-21(29-3)12-9-20/h4,6-9,11-12H,5,10,13-17H2,1-3H3. The molecule has 29 heavy (non-hydrogen) atoms. The van der Waals surface area contributed by atoms with E-state index in [1.54, 1.807) is 7.11 Å². The van der Waals surface area contributed by atoms with Gasteiger partial charge < -0.3 is 14.5 Å². The molecule has 154 valence electrons. The molecular formula is C24H30N2O3. The van der Waals surface area contributed by atoms with Crippen molar-refractivity contribution >= 4 is 11.8 Å². The van der Waals surface area contributed by atoms with E-state index in [0.29, 0.717) is 39.0 Å². The Bertz CT molecular complexity index is 861. The minimum atomic E-state index is 0.0683. The fraction of sp³-hybridized carbons (Fsp3) is 0.417. The lowest BCUT2D eigenvalue weighted by Crippen LogP contribution is -2.37. The Kier molecular flexibility index (Phi) is 6.91. The highest BCUT2D eigenvalue weighted by Crippen LogP contribution is 2.17. The zero-order valence-electron chi connectivity index (χ0n) is 17.6. The molecule has 0 radical (unpaired) electrons. The first-order chi connectivity index (χ1) is 14.0. The van der Waals surface area contributed by atoms with Crippen molar-refractivity contribution in [3.63, 3.8) is 0 Å². The van der Waals surface area contributed by atoms with Crippen LogP contribution in [0.15, 0.2) is 42.5 Å². The van der Waals surface area contributed by atoms with E-state index < -0.39 is 0 Å². The van der Waals surface area contributed by atoms with E-state index in [2.05, 4.69) is 0 Å². The molecule has 0 bridgehead atoms. The van der Waals surface area contributed by atoms with Gasteiger partial charge in [-0.15, -0.1) is 0 Å². The van der Waals surface area contributed by atoms with E-state index in [1.165, 1.54) is 0 Å². The second-order valence-corrected chi connectivity index (χ2v) is 7.62. The number of nitrogens with zero attached hydrogens (tertiary/aromatic N) is 2. The molecule has 1 aliphatic rings. The quantitative estimate of drug-likeness (QED) is 0.778. The van der Waals surface area contributed by atoms with Gasteiger partial charge in [0.05, 0.1) is 7.11 Å². The fourth-order valence-corrected chi connectivity index (χ4v) is 3.72. The lowest BCUT2D eigenvalue weighted by Gasteiger charge is -2.23. The maximum atomic E-state index is 13.0. The molecule has 0 unspecified atom stereocenters. The summed E-state index contributed by atoms with van der Waals surface area (Å²) in [5.41, 5.74) is 4.06. The highest BCUT2D eigenvalue weighted by atomic mass is 16.5. The molecule has 0 N–H and O–H groups in total. The Labute approximate surface area is 173 Å². The Morgan fingerprint density at radius 3 is 2.34 bits per heavy atom. The van der Waals surface area contributed by atoms with E-state index in [-0.39, 0.29) is 11.8 Å². The Morgan fingerprint density at radius 1 is 0.931 bits per heavy atom. The summed E-state index contributed by atoms with van der Waals surface area (Å²) in [6.45, 7) is 6.60. The molecule has 2 aromatic rings. The van der Waals surface area contributed by atoms with Gasteiger partial charge in [0, 0.05) is 38.2 Å². The number of amides is 2. The number of aryl methyl sites for hydroxylation is 2. The van der Waals surface area contributed by atoms with E-state index in [9.17, 15) is 9.59 Å². The number of benzene rings is 2. The van der Waals surface area contributed by atoms with Crippen molar-refractivity contribution in [2.75, 3.05) is 33.3 Å². The molecular weight excluding hydrogens is 364 g/mol. The molecule has 3 rings (SSSR count). The third-order valence-corrected chi connectivity index (χ3v) is 5.76. The van der Waals surface area contributed by atoms with Crippen LogP contribution in [0.3, 0.4) is 0 Å². The molecule has 1 aliphatic heterocycles. The highest BCUT2D eigenvalue weighted by Gasteiger charge is 2.23.